The lowest BCUT2D eigenvalue weighted by atomic mass is 9.91. The molecule has 23 heavy (non-hydrogen) atoms. The minimum atomic E-state index is -1.94. The van der Waals surface area contributed by atoms with Crippen LogP contribution in [0, 0.1) is 0 Å². The van der Waals surface area contributed by atoms with Crippen LogP contribution in [0.1, 0.15) is 18.4 Å². The van der Waals surface area contributed by atoms with E-state index in [1.807, 2.05) is 30.3 Å². The molecular weight excluding hydrogens is 298 g/mol. The van der Waals surface area contributed by atoms with Crippen molar-refractivity contribution in [2.75, 3.05) is 34.3 Å². The zero-order chi connectivity index (χ0) is 17.5. The molecule has 0 aliphatic heterocycles. The predicted octanol–water partition coefficient (Wildman–Crippen LogP) is -0.260. The third-order valence-corrected chi connectivity index (χ3v) is 3.28. The molecule has 0 aliphatic carbocycles. The van der Waals surface area contributed by atoms with E-state index < -0.39 is 23.8 Å². The number of quaternary nitrogens is 1. The minimum absolute atomic E-state index is 0.00149. The molecule has 0 saturated carbocycles. The van der Waals surface area contributed by atoms with E-state index in [2.05, 4.69) is 0 Å². The van der Waals surface area contributed by atoms with Crippen molar-refractivity contribution in [3.63, 3.8) is 0 Å². The number of aliphatic hydroxyl groups is 1. The van der Waals surface area contributed by atoms with Crippen LogP contribution in [0.5, 0.6) is 0 Å². The molecule has 1 N–H and O–H groups in total. The second-order valence-corrected chi connectivity index (χ2v) is 6.74. The number of ether oxygens (including phenoxy) is 1. The minimum Gasteiger partial charge on any atom is -0.550 e. The summed E-state index contributed by atoms with van der Waals surface area (Å²) < 4.78 is 5.68. The van der Waals surface area contributed by atoms with Crippen molar-refractivity contribution in [1.82, 2.24) is 0 Å². The van der Waals surface area contributed by atoms with Crippen molar-refractivity contribution in [3.8, 4) is 0 Å². The number of carboxylic acid groups (broad SMARTS) is 1. The average Bonchev–Trinajstić information content (AvgIpc) is 2.41. The number of hydrogen-bond acceptors (Lipinski definition) is 5. The summed E-state index contributed by atoms with van der Waals surface area (Å²) in [4.78, 5) is 23.1. The third-order valence-electron chi connectivity index (χ3n) is 3.28. The van der Waals surface area contributed by atoms with Crippen LogP contribution in [0.4, 0.5) is 0 Å². The molecule has 1 unspecified atom stereocenters. The van der Waals surface area contributed by atoms with Gasteiger partial charge in [-0.05, 0) is 5.56 Å². The highest BCUT2D eigenvalue weighted by Crippen LogP contribution is 2.17. The summed E-state index contributed by atoms with van der Waals surface area (Å²) in [5.74, 6) is -1.98. The number of aliphatic carboxylic acids is 1. The van der Waals surface area contributed by atoms with Gasteiger partial charge in [0.05, 0.1) is 34.4 Å². The van der Waals surface area contributed by atoms with Crippen molar-refractivity contribution in [2.45, 2.75) is 25.0 Å². The molecule has 0 aromatic heterocycles. The van der Waals surface area contributed by atoms with E-state index >= 15 is 0 Å². The van der Waals surface area contributed by atoms with Crippen LogP contribution < -0.4 is 5.11 Å². The fraction of sp³-hybridized carbons (Fsp3) is 0.529. The van der Waals surface area contributed by atoms with E-state index in [1.165, 1.54) is 0 Å². The first-order valence-corrected chi connectivity index (χ1v) is 7.50. The topological polar surface area (TPSA) is 86.7 Å². The van der Waals surface area contributed by atoms with Gasteiger partial charge in [-0.3, -0.25) is 4.79 Å². The van der Waals surface area contributed by atoms with Crippen molar-refractivity contribution in [1.29, 1.82) is 0 Å². The van der Waals surface area contributed by atoms with E-state index in [9.17, 15) is 19.8 Å². The number of hydrogen-bond donors (Lipinski definition) is 1. The van der Waals surface area contributed by atoms with Crippen LogP contribution in [0.15, 0.2) is 30.3 Å². The Morgan fingerprint density at radius 3 is 2.35 bits per heavy atom. The monoisotopic (exact) mass is 323 g/mol. The number of carbonyl (C=O) groups is 2. The molecule has 0 spiro atoms. The third kappa shape index (κ3) is 7.36. The van der Waals surface area contributed by atoms with Crippen molar-refractivity contribution in [2.24, 2.45) is 0 Å². The van der Waals surface area contributed by atoms with Gasteiger partial charge in [-0.15, -0.1) is 0 Å². The quantitative estimate of drug-likeness (QED) is 0.473. The van der Waals surface area contributed by atoms with Gasteiger partial charge in [0.15, 0.2) is 11.4 Å². The van der Waals surface area contributed by atoms with Crippen LogP contribution in [0.2, 0.25) is 0 Å². The maximum absolute atomic E-state index is 12.3. The van der Waals surface area contributed by atoms with E-state index in [4.69, 9.17) is 4.74 Å². The average molecular weight is 323 g/mol. The molecule has 0 radical (unpaired) electrons. The van der Waals surface area contributed by atoms with Crippen molar-refractivity contribution >= 4 is 11.8 Å². The highest BCUT2D eigenvalue weighted by molar-refractivity contribution is 5.90. The van der Waals surface area contributed by atoms with Crippen molar-refractivity contribution in [3.05, 3.63) is 35.9 Å². The summed E-state index contributed by atoms with van der Waals surface area (Å²) >= 11 is 0. The number of likely N-dealkylation sites (N-methyl/N-ethyl adjacent to an activating group) is 1. The first-order valence-electron chi connectivity index (χ1n) is 7.50. The molecule has 6 nitrogen and oxygen atoms in total. The van der Waals surface area contributed by atoms with Gasteiger partial charge in [-0.2, -0.15) is 0 Å². The van der Waals surface area contributed by atoms with Gasteiger partial charge in [-0.25, -0.2) is 0 Å². The fourth-order valence-electron chi connectivity index (χ4n) is 2.43. The maximum atomic E-state index is 12.3. The van der Waals surface area contributed by atoms with Gasteiger partial charge in [-0.1, -0.05) is 30.3 Å². The van der Waals surface area contributed by atoms with E-state index in [1.54, 1.807) is 21.1 Å². The molecule has 0 heterocycles. The number of rotatable bonds is 10. The second-order valence-electron chi connectivity index (χ2n) is 6.74. The Bertz CT molecular complexity index is 524. The van der Waals surface area contributed by atoms with E-state index in [-0.39, 0.29) is 24.1 Å². The Morgan fingerprint density at radius 1 is 1.22 bits per heavy atom. The largest absolute Gasteiger partial charge is 0.550 e. The lowest BCUT2D eigenvalue weighted by Gasteiger charge is -2.34. The zero-order valence-corrected chi connectivity index (χ0v) is 13.9. The Labute approximate surface area is 136 Å². The number of carboxylic acids is 1. The lowest BCUT2D eigenvalue weighted by Crippen LogP contribution is -2.56. The van der Waals surface area contributed by atoms with E-state index in [0.29, 0.717) is 6.61 Å². The van der Waals surface area contributed by atoms with Gasteiger partial charge in [0.1, 0.15) is 6.54 Å². The summed E-state index contributed by atoms with van der Waals surface area (Å²) in [7, 11) is 5.33. The SMILES string of the molecule is C[N+](C)(C)CC(O)(CC(=O)[O-])C(=O)CCOCc1ccccc1. The normalized spacial score (nSPS) is 14.3. The summed E-state index contributed by atoms with van der Waals surface area (Å²) in [6, 6.07) is 9.50. The van der Waals surface area contributed by atoms with Crippen LogP contribution in [-0.4, -0.2) is 61.2 Å². The van der Waals surface area contributed by atoms with Gasteiger partial charge in [0.25, 0.3) is 0 Å². The molecular formula is C17H25NO5. The molecule has 128 valence electrons. The molecule has 6 heteroatoms. The first kappa shape index (κ1) is 19.3. The summed E-state index contributed by atoms with van der Waals surface area (Å²) in [5, 5.41) is 21.3. The number of Topliss-reactive ketones (excluding diaryl/α,β-unsaturated/α-hetero) is 1. The molecule has 1 aromatic carbocycles. The highest BCUT2D eigenvalue weighted by Gasteiger charge is 2.40. The van der Waals surface area contributed by atoms with Gasteiger partial charge in [0, 0.05) is 18.8 Å². The highest BCUT2D eigenvalue weighted by atomic mass is 16.5. The molecule has 0 aliphatic rings. The first-order chi connectivity index (χ1) is 10.6. The molecule has 0 bridgehead atoms. The standard InChI is InChI=1S/C17H25NO5/c1-18(2,3)13-17(22,11-16(20)21)15(19)9-10-23-12-14-7-5-4-6-8-14/h4-8,22H,9-13H2,1-3H3. The smallest absolute Gasteiger partial charge is 0.177 e. The molecule has 0 amide bonds. The van der Waals surface area contributed by atoms with Gasteiger partial charge < -0.3 is 24.2 Å². The summed E-state index contributed by atoms with van der Waals surface area (Å²) in [6.45, 7) is 0.487. The number of ketones is 1. The van der Waals surface area contributed by atoms with Crippen LogP contribution >= 0.6 is 0 Å². The number of nitrogens with zero attached hydrogens (tertiary/aromatic N) is 1. The van der Waals surface area contributed by atoms with Gasteiger partial charge >= 0.3 is 0 Å². The lowest BCUT2D eigenvalue weighted by molar-refractivity contribution is -0.875. The molecule has 0 fully saturated rings. The molecule has 1 aromatic rings. The zero-order valence-electron chi connectivity index (χ0n) is 13.9. The Hall–Kier alpha value is -1.76. The second kappa shape index (κ2) is 8.19. The molecule has 1 atom stereocenters. The van der Waals surface area contributed by atoms with Crippen LogP contribution in [0.3, 0.4) is 0 Å². The summed E-state index contributed by atoms with van der Waals surface area (Å²) in [5.41, 5.74) is -0.955. The number of carbonyl (C=O) groups excluding carboxylic acids is 2. The number of benzene rings is 1. The Morgan fingerprint density at radius 2 is 1.83 bits per heavy atom. The maximum Gasteiger partial charge on any atom is 0.177 e. The molecule has 0 saturated heterocycles. The van der Waals surface area contributed by atoms with Gasteiger partial charge in [0.2, 0.25) is 0 Å². The predicted molar refractivity (Wildman–Crippen MR) is 83.2 cm³/mol. The van der Waals surface area contributed by atoms with Crippen LogP contribution in [0.25, 0.3) is 0 Å². The van der Waals surface area contributed by atoms with Crippen molar-refractivity contribution < 1.29 is 29.0 Å². The molecule has 1 rings (SSSR count). The van der Waals surface area contributed by atoms with E-state index in [0.717, 1.165) is 5.56 Å². The van der Waals surface area contributed by atoms with Crippen LogP contribution in [-0.2, 0) is 20.9 Å². The fourth-order valence-corrected chi connectivity index (χ4v) is 2.43. The summed E-state index contributed by atoms with van der Waals surface area (Å²) in [6.07, 6.45) is -0.753. The Kier molecular flexibility index (Phi) is 6.87. The Balaban J connectivity index is 2.54.